The first-order valence-corrected chi connectivity index (χ1v) is 20.6. The summed E-state index contributed by atoms with van der Waals surface area (Å²) < 4.78 is 9.33. The summed E-state index contributed by atoms with van der Waals surface area (Å²) in [5.74, 6) is -1.61. The lowest BCUT2D eigenvalue weighted by Gasteiger charge is -2.63. The molecule has 6 aliphatic rings. The van der Waals surface area contributed by atoms with E-state index >= 15 is 0 Å². The van der Waals surface area contributed by atoms with Crippen LogP contribution in [-0.4, -0.2) is 176 Å². The summed E-state index contributed by atoms with van der Waals surface area (Å²) >= 11 is 0. The number of rotatable bonds is 11. The van der Waals surface area contributed by atoms with Gasteiger partial charge in [-0.15, -0.1) is 0 Å². The van der Waals surface area contributed by atoms with Crippen molar-refractivity contribution in [2.24, 2.45) is 5.92 Å². The Morgan fingerprint density at radius 1 is 0.754 bits per heavy atom. The number of para-hydroxylation sites is 1. The number of hydrogen-bond donors (Lipinski definition) is 5. The molecule has 4 heterocycles. The summed E-state index contributed by atoms with van der Waals surface area (Å²) in [6.07, 6.45) is 3.87. The topological polar surface area (TPSA) is 183 Å². The molecule has 1 saturated carbocycles. The number of carboxylic acids is 3. The lowest BCUT2D eigenvalue weighted by atomic mass is 9.49. The molecular weight excluding hydrogens is 732 g/mol. The standard InChI is InChI=1S/C42H54N6O9/c49-32-8-7-28-21-33-42(56)22-30-29-3-1-2-4-31(29)48(38(30)40-41(42,37(28)39(32)57-40)9-10-47(33)23-27-5-6-27)20-19-43-11-13-44(24-34(50)51)15-17-46(26-36(54)55)18-16-45(14-12-43)25-35(52)53/h1-4,7-8,27,33,40,49,56H,5-6,9-26H2,(H,50,51)(H,52,53)(H,54,55)/t33-,40-,41+,42-/m1/s1. The fraction of sp³-hybridized carbons (Fsp3) is 0.595. The fourth-order valence-corrected chi connectivity index (χ4v) is 11.1. The van der Waals surface area contributed by atoms with Crippen molar-refractivity contribution in [3.8, 4) is 11.5 Å². The monoisotopic (exact) mass is 786 g/mol. The van der Waals surface area contributed by atoms with Gasteiger partial charge in [-0.05, 0) is 61.4 Å². The van der Waals surface area contributed by atoms with Gasteiger partial charge in [-0.25, -0.2) is 0 Å². The number of piperidine rings is 1. The molecule has 3 aromatic rings. The molecule has 15 nitrogen and oxygen atoms in total. The minimum atomic E-state index is -1.10. The van der Waals surface area contributed by atoms with Crippen molar-refractivity contribution in [1.82, 2.24) is 29.1 Å². The Kier molecular flexibility index (Phi) is 9.97. The summed E-state index contributed by atoms with van der Waals surface area (Å²) in [5, 5.41) is 54.8. The van der Waals surface area contributed by atoms with Crippen LogP contribution >= 0.6 is 0 Å². The van der Waals surface area contributed by atoms with Crippen LogP contribution in [0.3, 0.4) is 0 Å². The summed E-state index contributed by atoms with van der Waals surface area (Å²) in [5.41, 5.74) is 3.46. The van der Waals surface area contributed by atoms with E-state index in [1.807, 2.05) is 28.0 Å². The lowest BCUT2D eigenvalue weighted by Crippen LogP contribution is -2.74. The first-order chi connectivity index (χ1) is 27.4. The molecule has 2 saturated heterocycles. The van der Waals surface area contributed by atoms with E-state index in [-0.39, 0.29) is 31.4 Å². The summed E-state index contributed by atoms with van der Waals surface area (Å²) in [6, 6.07) is 12.0. The largest absolute Gasteiger partial charge is 0.504 e. The highest BCUT2D eigenvalue weighted by Gasteiger charge is 2.73. The van der Waals surface area contributed by atoms with Gasteiger partial charge in [0.25, 0.3) is 0 Å². The zero-order valence-electron chi connectivity index (χ0n) is 32.4. The molecule has 2 bridgehead atoms. The number of phenols is 1. The average molecular weight is 787 g/mol. The molecule has 9 rings (SSSR count). The SMILES string of the molecule is O=C(O)CN1CCN(CCn2c3c(c4ccccc42)C[C@@]2(O)[C@H]4Cc5ccc(O)c6c5[C@@]2(CCN4CC2CC2)[C@@H]3O6)CCN(CC(=O)O)CCN(CC(=O)O)CC1. The lowest BCUT2D eigenvalue weighted by molar-refractivity contribution is -0.173. The number of likely N-dealkylation sites (tertiary alicyclic amines) is 1. The summed E-state index contributed by atoms with van der Waals surface area (Å²) in [6.45, 7) is 5.79. The zero-order chi connectivity index (χ0) is 39.6. The molecule has 2 aromatic carbocycles. The van der Waals surface area contributed by atoms with Gasteiger partial charge in [-0.2, -0.15) is 0 Å². The molecule has 1 spiro atoms. The third kappa shape index (κ3) is 6.75. The first-order valence-electron chi connectivity index (χ1n) is 20.6. The van der Waals surface area contributed by atoms with Gasteiger partial charge in [-0.3, -0.25) is 38.9 Å². The average Bonchev–Trinajstić information content (AvgIpc) is 3.83. The first kappa shape index (κ1) is 38.3. The minimum Gasteiger partial charge on any atom is -0.504 e. The number of aliphatic carboxylic acids is 3. The maximum atomic E-state index is 13.4. The molecule has 1 aromatic heterocycles. The van der Waals surface area contributed by atoms with E-state index in [9.17, 15) is 39.9 Å². The van der Waals surface area contributed by atoms with E-state index in [1.54, 1.807) is 11.0 Å². The molecule has 306 valence electrons. The Morgan fingerprint density at radius 3 is 1.95 bits per heavy atom. The summed E-state index contributed by atoms with van der Waals surface area (Å²) in [7, 11) is 0. The Balaban J connectivity index is 1.06. The van der Waals surface area contributed by atoms with E-state index in [1.165, 1.54) is 12.8 Å². The van der Waals surface area contributed by atoms with Crippen LogP contribution in [0.4, 0.5) is 0 Å². The van der Waals surface area contributed by atoms with Crippen LogP contribution in [0.2, 0.25) is 0 Å². The van der Waals surface area contributed by atoms with Gasteiger partial charge >= 0.3 is 17.9 Å². The number of fused-ring (bicyclic) bond motifs is 4. The van der Waals surface area contributed by atoms with Gasteiger partial charge in [0.15, 0.2) is 17.6 Å². The van der Waals surface area contributed by atoms with Gasteiger partial charge in [0, 0.05) is 101 Å². The molecule has 57 heavy (non-hydrogen) atoms. The Morgan fingerprint density at radius 2 is 1.35 bits per heavy atom. The van der Waals surface area contributed by atoms with E-state index in [4.69, 9.17) is 4.74 Å². The molecule has 0 unspecified atom stereocenters. The second-order valence-corrected chi connectivity index (χ2v) is 17.3. The summed E-state index contributed by atoms with van der Waals surface area (Å²) in [4.78, 5) is 45.7. The van der Waals surface area contributed by atoms with Crippen LogP contribution in [0.15, 0.2) is 36.4 Å². The quantitative estimate of drug-likeness (QED) is 0.189. The van der Waals surface area contributed by atoms with Crippen molar-refractivity contribution in [2.45, 2.75) is 61.8 Å². The number of ether oxygens (including phenoxy) is 1. The van der Waals surface area contributed by atoms with Crippen molar-refractivity contribution in [3.05, 3.63) is 58.8 Å². The van der Waals surface area contributed by atoms with Gasteiger partial charge < -0.3 is 34.8 Å². The molecule has 0 amide bonds. The van der Waals surface area contributed by atoms with Crippen molar-refractivity contribution in [1.29, 1.82) is 0 Å². The number of aliphatic hydroxyl groups is 1. The second kappa shape index (κ2) is 14.8. The number of benzene rings is 2. The third-order valence-corrected chi connectivity index (χ3v) is 14.0. The van der Waals surface area contributed by atoms with Crippen LogP contribution in [0.5, 0.6) is 11.5 Å². The van der Waals surface area contributed by atoms with Crippen LogP contribution in [-0.2, 0) is 39.2 Å². The van der Waals surface area contributed by atoms with Crippen molar-refractivity contribution >= 4 is 28.8 Å². The highest BCUT2D eigenvalue weighted by atomic mass is 16.5. The van der Waals surface area contributed by atoms with Gasteiger partial charge in [-0.1, -0.05) is 24.3 Å². The fourth-order valence-electron chi connectivity index (χ4n) is 11.1. The maximum absolute atomic E-state index is 13.4. The highest BCUT2D eigenvalue weighted by Crippen LogP contribution is 2.69. The maximum Gasteiger partial charge on any atom is 0.317 e. The van der Waals surface area contributed by atoms with Crippen LogP contribution in [0, 0.1) is 5.92 Å². The normalized spacial score (nSPS) is 28.6. The zero-order valence-corrected chi connectivity index (χ0v) is 32.4. The van der Waals surface area contributed by atoms with E-state index in [0.29, 0.717) is 90.0 Å². The number of aromatic hydroxyl groups is 1. The van der Waals surface area contributed by atoms with Gasteiger partial charge in [0.2, 0.25) is 0 Å². The van der Waals surface area contributed by atoms with Crippen molar-refractivity contribution < 1.29 is 44.7 Å². The number of hydrogen-bond acceptors (Lipinski definition) is 11. The van der Waals surface area contributed by atoms with E-state index in [0.717, 1.165) is 52.8 Å². The number of phenolic OH excluding ortho intramolecular Hbond substituents is 1. The van der Waals surface area contributed by atoms with Crippen LogP contribution in [0.25, 0.3) is 10.9 Å². The third-order valence-electron chi connectivity index (χ3n) is 14.0. The Labute approximate surface area is 331 Å². The number of carbonyl (C=O) groups is 3. The van der Waals surface area contributed by atoms with Crippen LogP contribution < -0.4 is 4.74 Å². The van der Waals surface area contributed by atoms with E-state index in [2.05, 4.69) is 26.5 Å². The second-order valence-electron chi connectivity index (χ2n) is 17.3. The molecule has 3 aliphatic carbocycles. The van der Waals surface area contributed by atoms with Gasteiger partial charge in [0.05, 0.1) is 36.3 Å². The number of carboxylic acid groups (broad SMARTS) is 3. The molecular formula is C42H54N6O9. The van der Waals surface area contributed by atoms with Crippen LogP contribution in [0.1, 0.15) is 47.8 Å². The smallest absolute Gasteiger partial charge is 0.317 e. The van der Waals surface area contributed by atoms with E-state index < -0.39 is 35.0 Å². The molecule has 4 atom stereocenters. The molecule has 3 aliphatic heterocycles. The molecule has 3 fully saturated rings. The number of aromatic nitrogens is 1. The Bertz CT molecular complexity index is 2040. The van der Waals surface area contributed by atoms with Crippen molar-refractivity contribution in [2.75, 3.05) is 91.6 Å². The predicted molar refractivity (Wildman–Crippen MR) is 209 cm³/mol. The molecule has 15 heteroatoms. The predicted octanol–water partition coefficient (Wildman–Crippen LogP) is 1.52. The number of nitrogens with zero attached hydrogens (tertiary/aromatic N) is 6. The molecule has 0 radical (unpaired) electrons. The van der Waals surface area contributed by atoms with Crippen molar-refractivity contribution in [3.63, 3.8) is 0 Å². The Hall–Kier alpha value is -4.25. The minimum absolute atomic E-state index is 0.0720. The highest BCUT2D eigenvalue weighted by molar-refractivity contribution is 5.87. The van der Waals surface area contributed by atoms with Gasteiger partial charge in [0.1, 0.15) is 0 Å². The molecule has 5 N–H and O–H groups in total.